The normalized spacial score (nSPS) is 18.4. The molecule has 1 fully saturated rings. The van der Waals surface area contributed by atoms with Crippen molar-refractivity contribution >= 4 is 5.95 Å². The average Bonchev–Trinajstić information content (AvgIpc) is 2.86. The van der Waals surface area contributed by atoms with Crippen molar-refractivity contribution in [2.75, 3.05) is 31.2 Å². The summed E-state index contributed by atoms with van der Waals surface area (Å²) in [6.07, 6.45) is 3.09. The van der Waals surface area contributed by atoms with Crippen molar-refractivity contribution in [1.29, 1.82) is 0 Å². The van der Waals surface area contributed by atoms with Gasteiger partial charge in [-0.1, -0.05) is 19.8 Å². The Bertz CT molecular complexity index is 336. The fourth-order valence-corrected chi connectivity index (χ4v) is 1.82. The number of hydrogen-bond donors (Lipinski definition) is 1. The van der Waals surface area contributed by atoms with Crippen molar-refractivity contribution in [3.8, 4) is 0 Å². The largest absolute Gasteiger partial charge is 0.378 e. The SMILES string of the molecule is CCCC[C@@H](N)c1nc(N2CCOCC2)no1. The molecule has 0 aliphatic carbocycles. The molecule has 0 saturated carbocycles. The number of nitrogens with zero attached hydrogens (tertiary/aromatic N) is 3. The summed E-state index contributed by atoms with van der Waals surface area (Å²) in [5.74, 6) is 1.18. The van der Waals surface area contributed by atoms with Gasteiger partial charge in [-0.25, -0.2) is 0 Å². The summed E-state index contributed by atoms with van der Waals surface area (Å²) in [7, 11) is 0. The van der Waals surface area contributed by atoms with Crippen LogP contribution in [0.4, 0.5) is 5.95 Å². The van der Waals surface area contributed by atoms with Crippen LogP contribution in [0.5, 0.6) is 0 Å². The summed E-state index contributed by atoms with van der Waals surface area (Å²) < 4.78 is 10.5. The maximum absolute atomic E-state index is 5.98. The molecule has 2 heterocycles. The highest BCUT2D eigenvalue weighted by molar-refractivity contribution is 5.28. The van der Waals surface area contributed by atoms with Gasteiger partial charge in [-0.2, -0.15) is 4.98 Å². The summed E-state index contributed by atoms with van der Waals surface area (Å²) in [6, 6.07) is -0.141. The Morgan fingerprint density at radius 2 is 2.18 bits per heavy atom. The van der Waals surface area contributed by atoms with Gasteiger partial charge in [-0.3, -0.25) is 0 Å². The minimum atomic E-state index is -0.141. The third-order valence-electron chi connectivity index (χ3n) is 2.91. The minimum Gasteiger partial charge on any atom is -0.378 e. The van der Waals surface area contributed by atoms with E-state index >= 15 is 0 Å². The molecule has 1 atom stereocenters. The smallest absolute Gasteiger partial charge is 0.266 e. The van der Waals surface area contributed by atoms with Gasteiger partial charge in [0, 0.05) is 13.1 Å². The molecular weight excluding hydrogens is 220 g/mol. The summed E-state index contributed by atoms with van der Waals surface area (Å²) in [5.41, 5.74) is 5.98. The molecule has 1 aromatic rings. The molecule has 6 heteroatoms. The van der Waals surface area contributed by atoms with Crippen LogP contribution in [0.25, 0.3) is 0 Å². The number of anilines is 1. The fourth-order valence-electron chi connectivity index (χ4n) is 1.82. The first-order valence-electron chi connectivity index (χ1n) is 6.23. The Kier molecular flexibility index (Phi) is 4.33. The van der Waals surface area contributed by atoms with Crippen LogP contribution in [0.3, 0.4) is 0 Å². The second kappa shape index (κ2) is 5.97. The molecule has 2 N–H and O–H groups in total. The highest BCUT2D eigenvalue weighted by Crippen LogP contribution is 2.18. The molecule has 0 bridgehead atoms. The van der Waals surface area contributed by atoms with Gasteiger partial charge in [-0.05, 0) is 11.6 Å². The summed E-state index contributed by atoms with van der Waals surface area (Å²) >= 11 is 0. The van der Waals surface area contributed by atoms with Crippen molar-refractivity contribution in [1.82, 2.24) is 10.1 Å². The molecule has 6 nitrogen and oxygen atoms in total. The van der Waals surface area contributed by atoms with Gasteiger partial charge in [0.05, 0.1) is 19.3 Å². The minimum absolute atomic E-state index is 0.141. The third-order valence-corrected chi connectivity index (χ3v) is 2.91. The predicted octanol–water partition coefficient (Wildman–Crippen LogP) is 1.10. The standard InChI is InChI=1S/C11H20N4O2/c1-2-3-4-9(12)10-13-11(14-17-10)15-5-7-16-8-6-15/h9H,2-8,12H2,1H3/t9-/m1/s1. The molecule has 0 radical (unpaired) electrons. The summed E-state index contributed by atoms with van der Waals surface area (Å²) in [6.45, 7) is 5.18. The summed E-state index contributed by atoms with van der Waals surface area (Å²) in [4.78, 5) is 6.41. The van der Waals surface area contributed by atoms with E-state index in [9.17, 15) is 0 Å². The number of rotatable bonds is 5. The first kappa shape index (κ1) is 12.3. The number of unbranched alkanes of at least 4 members (excludes halogenated alkanes) is 1. The first-order valence-corrected chi connectivity index (χ1v) is 6.23. The second-order valence-electron chi connectivity index (χ2n) is 4.28. The van der Waals surface area contributed by atoms with Crippen molar-refractivity contribution in [2.45, 2.75) is 32.2 Å². The molecule has 96 valence electrons. The number of morpholine rings is 1. The third kappa shape index (κ3) is 3.17. The quantitative estimate of drug-likeness (QED) is 0.830. The van der Waals surface area contributed by atoms with Gasteiger partial charge in [0.2, 0.25) is 5.89 Å². The van der Waals surface area contributed by atoms with E-state index in [0.29, 0.717) is 25.1 Å². The van der Waals surface area contributed by atoms with Crippen LogP contribution in [0.15, 0.2) is 4.52 Å². The molecular formula is C11H20N4O2. The lowest BCUT2D eigenvalue weighted by molar-refractivity contribution is 0.121. The average molecular weight is 240 g/mol. The lowest BCUT2D eigenvalue weighted by Crippen LogP contribution is -2.36. The van der Waals surface area contributed by atoms with Gasteiger partial charge < -0.3 is 19.9 Å². The van der Waals surface area contributed by atoms with E-state index in [2.05, 4.69) is 22.0 Å². The predicted molar refractivity (Wildman–Crippen MR) is 63.8 cm³/mol. The van der Waals surface area contributed by atoms with Crippen molar-refractivity contribution in [3.63, 3.8) is 0 Å². The van der Waals surface area contributed by atoms with Crippen molar-refractivity contribution in [2.24, 2.45) is 5.73 Å². The molecule has 2 rings (SSSR count). The highest BCUT2D eigenvalue weighted by atomic mass is 16.5. The lowest BCUT2D eigenvalue weighted by atomic mass is 10.1. The van der Waals surface area contributed by atoms with E-state index < -0.39 is 0 Å². The molecule has 0 unspecified atom stereocenters. The Morgan fingerprint density at radius 3 is 2.88 bits per heavy atom. The maximum Gasteiger partial charge on any atom is 0.266 e. The van der Waals surface area contributed by atoms with Gasteiger partial charge >= 0.3 is 0 Å². The van der Waals surface area contributed by atoms with E-state index in [-0.39, 0.29) is 6.04 Å². The molecule has 0 spiro atoms. The Hall–Kier alpha value is -1.14. The van der Waals surface area contributed by atoms with Crippen LogP contribution in [0, 0.1) is 0 Å². The zero-order valence-corrected chi connectivity index (χ0v) is 10.3. The highest BCUT2D eigenvalue weighted by Gasteiger charge is 2.19. The molecule has 1 aromatic heterocycles. The van der Waals surface area contributed by atoms with Gasteiger partial charge in [-0.15, -0.1) is 0 Å². The molecule has 17 heavy (non-hydrogen) atoms. The molecule has 1 aliphatic heterocycles. The number of ether oxygens (including phenoxy) is 1. The van der Waals surface area contributed by atoms with Crippen LogP contribution >= 0.6 is 0 Å². The van der Waals surface area contributed by atoms with E-state index in [1.165, 1.54) is 0 Å². The Balaban J connectivity index is 1.94. The molecule has 1 aliphatic rings. The van der Waals surface area contributed by atoms with Gasteiger partial charge in [0.15, 0.2) is 0 Å². The van der Waals surface area contributed by atoms with Crippen LogP contribution in [0.1, 0.15) is 38.1 Å². The van der Waals surface area contributed by atoms with Gasteiger partial charge in [0.1, 0.15) is 0 Å². The fraction of sp³-hybridized carbons (Fsp3) is 0.818. The number of hydrogen-bond acceptors (Lipinski definition) is 6. The maximum atomic E-state index is 5.98. The first-order chi connectivity index (χ1) is 8.31. The van der Waals surface area contributed by atoms with E-state index in [1.807, 2.05) is 0 Å². The number of aromatic nitrogens is 2. The zero-order valence-electron chi connectivity index (χ0n) is 10.3. The van der Waals surface area contributed by atoms with E-state index in [0.717, 1.165) is 32.4 Å². The van der Waals surface area contributed by atoms with Crippen molar-refractivity contribution in [3.05, 3.63) is 5.89 Å². The van der Waals surface area contributed by atoms with E-state index in [4.69, 9.17) is 15.0 Å². The van der Waals surface area contributed by atoms with Crippen LogP contribution in [0.2, 0.25) is 0 Å². The van der Waals surface area contributed by atoms with E-state index in [1.54, 1.807) is 0 Å². The molecule has 0 aromatic carbocycles. The molecule has 1 saturated heterocycles. The van der Waals surface area contributed by atoms with Crippen LogP contribution in [-0.4, -0.2) is 36.4 Å². The Labute approximate surface area is 101 Å². The lowest BCUT2D eigenvalue weighted by Gasteiger charge is -2.24. The summed E-state index contributed by atoms with van der Waals surface area (Å²) in [5, 5.41) is 3.97. The monoisotopic (exact) mass is 240 g/mol. The second-order valence-corrected chi connectivity index (χ2v) is 4.28. The zero-order chi connectivity index (χ0) is 12.1. The van der Waals surface area contributed by atoms with Crippen LogP contribution in [-0.2, 0) is 4.74 Å². The van der Waals surface area contributed by atoms with Crippen molar-refractivity contribution < 1.29 is 9.26 Å². The topological polar surface area (TPSA) is 77.4 Å². The van der Waals surface area contributed by atoms with Gasteiger partial charge in [0.25, 0.3) is 5.95 Å². The Morgan fingerprint density at radius 1 is 1.41 bits per heavy atom. The van der Waals surface area contributed by atoms with Crippen LogP contribution < -0.4 is 10.6 Å². The number of nitrogens with two attached hydrogens (primary N) is 1. The molecule has 0 amide bonds.